The summed E-state index contributed by atoms with van der Waals surface area (Å²) in [5.74, 6) is -0.253. The molecule has 1 aliphatic heterocycles. The predicted molar refractivity (Wildman–Crippen MR) is 128 cm³/mol. The van der Waals surface area contributed by atoms with Crippen LogP contribution in [0.3, 0.4) is 0 Å². The highest BCUT2D eigenvalue weighted by atomic mass is 35.5. The van der Waals surface area contributed by atoms with Gasteiger partial charge < -0.3 is 19.7 Å². The fraction of sp³-hybridized carbons (Fsp3) is 0.273. The maximum Gasteiger partial charge on any atom is 0.266 e. The molecule has 4 aromatic rings. The highest BCUT2D eigenvalue weighted by Crippen LogP contribution is 2.41. The van der Waals surface area contributed by atoms with Gasteiger partial charge in [0, 0.05) is 23.9 Å². The zero-order valence-electron chi connectivity index (χ0n) is 18.7. The van der Waals surface area contributed by atoms with E-state index in [-0.39, 0.29) is 28.9 Å². The van der Waals surface area contributed by atoms with Crippen molar-refractivity contribution in [2.75, 3.05) is 18.4 Å². The highest BCUT2D eigenvalue weighted by Gasteiger charge is 2.28. The monoisotopic (exact) mass is 523 g/mol. The predicted octanol–water partition coefficient (Wildman–Crippen LogP) is 3.23. The van der Waals surface area contributed by atoms with E-state index >= 15 is 0 Å². The number of fused-ring (bicyclic) bond motifs is 3. The molecule has 10 nitrogen and oxygen atoms in total. The lowest BCUT2D eigenvalue weighted by Crippen LogP contribution is -2.16. The van der Waals surface area contributed by atoms with Gasteiger partial charge in [-0.2, -0.15) is 5.10 Å². The van der Waals surface area contributed by atoms with Crippen LogP contribution in [0.2, 0.25) is 0 Å². The Morgan fingerprint density at radius 1 is 1.31 bits per heavy atom. The number of methoxy groups -OCH3 is 1. The summed E-state index contributed by atoms with van der Waals surface area (Å²) in [5, 5.41) is 8.68. The van der Waals surface area contributed by atoms with Crippen molar-refractivity contribution in [2.24, 2.45) is 5.73 Å². The summed E-state index contributed by atoms with van der Waals surface area (Å²) < 4.78 is 60.7. The second-order valence-corrected chi connectivity index (χ2v) is 9.50. The molecule has 0 aliphatic carbocycles. The van der Waals surface area contributed by atoms with Gasteiger partial charge in [0.05, 0.1) is 26.5 Å². The molecule has 0 saturated heterocycles. The number of rotatable bonds is 7. The van der Waals surface area contributed by atoms with Gasteiger partial charge in [0.25, 0.3) is 10.0 Å². The molecule has 3 heterocycles. The first-order chi connectivity index (χ1) is 16.4. The third-order valence-corrected chi connectivity index (χ3v) is 6.99. The largest absolute Gasteiger partial charge is 0.495 e. The molecule has 13 heteroatoms. The zero-order valence-corrected chi connectivity index (χ0v) is 20.3. The number of nitrogens with zero attached hydrogens (tertiary/aromatic N) is 3. The molecule has 0 fully saturated rings. The molecule has 0 radical (unpaired) electrons. The Bertz CT molecular complexity index is 1490. The van der Waals surface area contributed by atoms with Crippen LogP contribution in [0.5, 0.6) is 11.5 Å². The Morgan fingerprint density at radius 3 is 2.89 bits per heavy atom. The van der Waals surface area contributed by atoms with E-state index in [2.05, 4.69) is 15.0 Å². The Labute approximate surface area is 206 Å². The van der Waals surface area contributed by atoms with Gasteiger partial charge in [-0.05, 0) is 42.7 Å². The molecule has 35 heavy (non-hydrogen) atoms. The third kappa shape index (κ3) is 4.64. The number of hydrogen-bond acceptors (Lipinski definition) is 8. The second kappa shape index (κ2) is 9.72. The summed E-state index contributed by atoms with van der Waals surface area (Å²) in [4.78, 5) is -0.355. The van der Waals surface area contributed by atoms with Crippen molar-refractivity contribution in [3.05, 3.63) is 59.2 Å². The average Bonchev–Trinajstić information content (AvgIpc) is 3.45. The number of anilines is 1. The van der Waals surface area contributed by atoms with E-state index in [1.54, 1.807) is 16.9 Å². The first-order valence-electron chi connectivity index (χ1n) is 10.5. The maximum atomic E-state index is 13.8. The molecule has 2 aromatic carbocycles. The van der Waals surface area contributed by atoms with Gasteiger partial charge >= 0.3 is 0 Å². The van der Waals surface area contributed by atoms with Crippen LogP contribution in [0, 0.1) is 5.82 Å². The summed E-state index contributed by atoms with van der Waals surface area (Å²) in [6.07, 6.45) is 5.13. The molecule has 2 aromatic heterocycles. The Kier molecular flexibility index (Phi) is 6.88. The molecule has 186 valence electrons. The van der Waals surface area contributed by atoms with Crippen LogP contribution in [0.15, 0.2) is 46.1 Å². The van der Waals surface area contributed by atoms with E-state index in [9.17, 15) is 12.8 Å². The zero-order chi connectivity index (χ0) is 23.9. The lowest BCUT2D eigenvalue weighted by molar-refractivity contribution is 0.291. The van der Waals surface area contributed by atoms with E-state index in [1.807, 2.05) is 6.20 Å². The first kappa shape index (κ1) is 24.8. The van der Waals surface area contributed by atoms with Crippen molar-refractivity contribution < 1.29 is 26.8 Å². The molecule has 0 spiro atoms. The van der Waals surface area contributed by atoms with Crippen molar-refractivity contribution >= 4 is 39.2 Å². The fourth-order valence-corrected chi connectivity index (χ4v) is 5.23. The standard InChI is InChI=1S/C22H22FN5O5S.ClH/c1-31-17-5-4-15(23)8-19(17)34(29,30)27-22-20-18(33-26-22)7-14(16-3-2-6-32-21(16)20)12-28-11-13(9-24)10-25-28;/h4-5,7-8,10-11H,2-3,6,9,12,24H2,1H3,(H,26,27);1H. The van der Waals surface area contributed by atoms with E-state index in [4.69, 9.17) is 19.7 Å². The van der Waals surface area contributed by atoms with Crippen molar-refractivity contribution in [3.63, 3.8) is 0 Å². The molecule has 1 aliphatic rings. The van der Waals surface area contributed by atoms with Crippen LogP contribution >= 0.6 is 12.4 Å². The minimum atomic E-state index is -4.24. The Balaban J connectivity index is 0.00000289. The van der Waals surface area contributed by atoms with Crippen molar-refractivity contribution in [1.29, 1.82) is 0 Å². The van der Waals surface area contributed by atoms with Crippen molar-refractivity contribution in [1.82, 2.24) is 14.9 Å². The molecule has 5 rings (SSSR count). The molecular weight excluding hydrogens is 501 g/mol. The summed E-state index contributed by atoms with van der Waals surface area (Å²) in [6, 6.07) is 5.05. The third-order valence-electron chi connectivity index (χ3n) is 5.63. The smallest absolute Gasteiger partial charge is 0.266 e. The number of benzene rings is 2. The topological polar surface area (TPSA) is 134 Å². The number of ether oxygens (including phenoxy) is 2. The summed E-state index contributed by atoms with van der Waals surface area (Å²) in [6.45, 7) is 1.32. The van der Waals surface area contributed by atoms with Gasteiger partial charge in [0.1, 0.15) is 27.6 Å². The van der Waals surface area contributed by atoms with Crippen molar-refractivity contribution in [2.45, 2.75) is 30.8 Å². The SMILES string of the molecule is COc1ccc(F)cc1S(=O)(=O)Nc1noc2cc(Cn3cc(CN)cn3)c3c(c12)OCCC3.Cl. The highest BCUT2D eigenvalue weighted by molar-refractivity contribution is 7.92. The number of hydrogen-bond donors (Lipinski definition) is 2. The quantitative estimate of drug-likeness (QED) is 0.377. The first-order valence-corrected chi connectivity index (χ1v) is 12.0. The summed E-state index contributed by atoms with van der Waals surface area (Å²) >= 11 is 0. The molecule has 3 N–H and O–H groups in total. The molecular formula is C22H23ClFN5O5S. The summed E-state index contributed by atoms with van der Waals surface area (Å²) in [5.41, 5.74) is 8.80. The number of sulfonamides is 1. The van der Waals surface area contributed by atoms with Crippen LogP contribution in [0.25, 0.3) is 11.0 Å². The number of nitrogens with one attached hydrogen (secondary N) is 1. The molecule has 0 atom stereocenters. The van der Waals surface area contributed by atoms with Crippen molar-refractivity contribution in [3.8, 4) is 11.5 Å². The average molecular weight is 524 g/mol. The lowest BCUT2D eigenvalue weighted by atomic mass is 9.97. The van der Waals surface area contributed by atoms with Gasteiger partial charge in [-0.1, -0.05) is 5.16 Å². The van der Waals surface area contributed by atoms with Gasteiger partial charge in [-0.3, -0.25) is 9.40 Å². The van der Waals surface area contributed by atoms with Crippen LogP contribution in [0.4, 0.5) is 10.2 Å². The maximum absolute atomic E-state index is 13.8. The summed E-state index contributed by atoms with van der Waals surface area (Å²) in [7, 11) is -2.94. The molecule has 0 saturated carbocycles. The normalized spacial score (nSPS) is 13.1. The van der Waals surface area contributed by atoms with E-state index in [1.165, 1.54) is 13.2 Å². The fourth-order valence-electron chi connectivity index (χ4n) is 4.05. The van der Waals surface area contributed by atoms with Crippen LogP contribution in [-0.2, 0) is 29.5 Å². The van der Waals surface area contributed by atoms with E-state index in [0.717, 1.165) is 41.7 Å². The lowest BCUT2D eigenvalue weighted by Gasteiger charge is -2.21. The van der Waals surface area contributed by atoms with Gasteiger partial charge in [-0.15, -0.1) is 12.4 Å². The molecule has 0 unspecified atom stereocenters. The van der Waals surface area contributed by atoms with Crippen LogP contribution in [0.1, 0.15) is 23.1 Å². The number of aromatic nitrogens is 3. The van der Waals surface area contributed by atoms with Crippen LogP contribution in [-0.4, -0.2) is 37.1 Å². The van der Waals surface area contributed by atoms with Gasteiger partial charge in [-0.25, -0.2) is 12.8 Å². The Morgan fingerprint density at radius 2 is 2.14 bits per heavy atom. The molecule has 0 amide bonds. The van der Waals surface area contributed by atoms with Crippen LogP contribution < -0.4 is 19.9 Å². The molecule has 0 bridgehead atoms. The minimum Gasteiger partial charge on any atom is -0.495 e. The second-order valence-electron chi connectivity index (χ2n) is 7.85. The van der Waals surface area contributed by atoms with Gasteiger partial charge in [0.2, 0.25) is 0 Å². The minimum absolute atomic E-state index is 0. The van der Waals surface area contributed by atoms with Gasteiger partial charge in [0.15, 0.2) is 11.4 Å². The number of halogens is 2. The van der Waals surface area contributed by atoms with E-state index < -0.39 is 15.8 Å². The number of nitrogens with two attached hydrogens (primary N) is 1. The van der Waals surface area contributed by atoms with E-state index in [0.29, 0.717) is 36.4 Å². The Hall–Kier alpha value is -3.35.